The third-order valence-corrected chi connectivity index (χ3v) is 5.05. The number of hydrogen-bond acceptors (Lipinski definition) is 3. The van der Waals surface area contributed by atoms with Crippen LogP contribution in [0.5, 0.6) is 0 Å². The predicted octanol–water partition coefficient (Wildman–Crippen LogP) is 3.55. The molecule has 5 nitrogen and oxygen atoms in total. The first kappa shape index (κ1) is 16.4. The first-order valence-electron chi connectivity index (χ1n) is 8.66. The lowest BCUT2D eigenvalue weighted by molar-refractivity contribution is -0.140. The Bertz CT molecular complexity index is 844. The molecule has 2 N–H and O–H groups in total. The molecule has 1 amide bonds. The van der Waals surface area contributed by atoms with E-state index in [-0.39, 0.29) is 18.6 Å². The summed E-state index contributed by atoms with van der Waals surface area (Å²) in [6.45, 7) is 0.249. The zero-order valence-electron chi connectivity index (χ0n) is 14.1. The molecule has 0 spiro atoms. The fraction of sp³-hybridized carbons (Fsp3) is 0.238. The van der Waals surface area contributed by atoms with E-state index < -0.39 is 18.0 Å². The van der Waals surface area contributed by atoms with Gasteiger partial charge in [0.2, 0.25) is 0 Å². The number of rotatable bonds is 4. The van der Waals surface area contributed by atoms with Gasteiger partial charge in [-0.05, 0) is 28.7 Å². The molecule has 2 aromatic rings. The van der Waals surface area contributed by atoms with Crippen molar-refractivity contribution >= 4 is 12.1 Å². The summed E-state index contributed by atoms with van der Waals surface area (Å²) in [5, 5.41) is 11.7. The Labute approximate surface area is 151 Å². The lowest BCUT2D eigenvalue weighted by atomic mass is 9.98. The molecule has 5 heteroatoms. The highest BCUT2D eigenvalue weighted by Gasteiger charge is 2.30. The molecule has 1 unspecified atom stereocenters. The van der Waals surface area contributed by atoms with Gasteiger partial charge >= 0.3 is 12.1 Å². The Morgan fingerprint density at radius 2 is 1.62 bits per heavy atom. The average molecular weight is 349 g/mol. The number of carboxylic acid groups (broad SMARTS) is 1. The van der Waals surface area contributed by atoms with E-state index in [0.29, 0.717) is 6.42 Å². The van der Waals surface area contributed by atoms with E-state index in [4.69, 9.17) is 9.84 Å². The van der Waals surface area contributed by atoms with Crippen LogP contribution in [0, 0.1) is 5.92 Å². The van der Waals surface area contributed by atoms with Crippen molar-refractivity contribution in [2.75, 3.05) is 6.61 Å². The number of carbonyl (C=O) groups excluding carboxylic acids is 1. The van der Waals surface area contributed by atoms with Gasteiger partial charge in [-0.25, -0.2) is 4.79 Å². The van der Waals surface area contributed by atoms with Crippen LogP contribution in [0.1, 0.15) is 23.5 Å². The van der Waals surface area contributed by atoms with Crippen LogP contribution < -0.4 is 5.32 Å². The molecule has 4 rings (SSSR count). The third kappa shape index (κ3) is 2.96. The molecule has 2 aliphatic carbocycles. The molecular weight excluding hydrogens is 330 g/mol. The van der Waals surface area contributed by atoms with Crippen LogP contribution in [0.25, 0.3) is 11.1 Å². The maximum absolute atomic E-state index is 12.1. The van der Waals surface area contributed by atoms with E-state index in [1.807, 2.05) is 24.3 Å². The number of amides is 1. The van der Waals surface area contributed by atoms with Crippen LogP contribution in [-0.4, -0.2) is 29.8 Å². The first-order valence-corrected chi connectivity index (χ1v) is 8.66. The van der Waals surface area contributed by atoms with Gasteiger partial charge in [-0.3, -0.25) is 4.79 Å². The second-order valence-corrected chi connectivity index (χ2v) is 6.64. The molecule has 0 aliphatic heterocycles. The molecule has 2 aromatic carbocycles. The highest BCUT2D eigenvalue weighted by molar-refractivity contribution is 5.79. The molecule has 132 valence electrons. The number of carboxylic acids is 1. The monoisotopic (exact) mass is 349 g/mol. The van der Waals surface area contributed by atoms with Gasteiger partial charge in [0.1, 0.15) is 6.61 Å². The Balaban J connectivity index is 1.41. The van der Waals surface area contributed by atoms with Crippen molar-refractivity contribution < 1.29 is 19.4 Å². The Morgan fingerprint density at radius 1 is 1.00 bits per heavy atom. The summed E-state index contributed by atoms with van der Waals surface area (Å²) in [6, 6.07) is 16.0. The van der Waals surface area contributed by atoms with Crippen LogP contribution in [-0.2, 0) is 9.53 Å². The lowest BCUT2D eigenvalue weighted by Gasteiger charge is -2.16. The topological polar surface area (TPSA) is 75.6 Å². The lowest BCUT2D eigenvalue weighted by Crippen LogP contribution is -2.34. The highest BCUT2D eigenvalue weighted by Crippen LogP contribution is 2.44. The predicted molar refractivity (Wildman–Crippen MR) is 96.9 cm³/mol. The number of hydrogen-bond donors (Lipinski definition) is 2. The van der Waals surface area contributed by atoms with Gasteiger partial charge in [0.25, 0.3) is 0 Å². The summed E-state index contributed by atoms with van der Waals surface area (Å²) in [4.78, 5) is 23.1. The molecule has 0 fully saturated rings. The van der Waals surface area contributed by atoms with E-state index in [1.54, 1.807) is 12.2 Å². The quantitative estimate of drug-likeness (QED) is 0.828. The largest absolute Gasteiger partial charge is 0.481 e. The van der Waals surface area contributed by atoms with Crippen molar-refractivity contribution in [2.24, 2.45) is 5.92 Å². The van der Waals surface area contributed by atoms with Crippen molar-refractivity contribution in [3.05, 3.63) is 71.8 Å². The van der Waals surface area contributed by atoms with Crippen molar-refractivity contribution in [1.82, 2.24) is 5.32 Å². The number of nitrogens with one attached hydrogen (secondary N) is 1. The molecule has 0 aromatic heterocycles. The van der Waals surface area contributed by atoms with Crippen LogP contribution in [0.15, 0.2) is 60.7 Å². The summed E-state index contributed by atoms with van der Waals surface area (Å²) >= 11 is 0. The maximum Gasteiger partial charge on any atom is 0.407 e. The summed E-state index contributed by atoms with van der Waals surface area (Å²) in [6.07, 6.45) is 3.16. The fourth-order valence-corrected chi connectivity index (χ4v) is 3.78. The van der Waals surface area contributed by atoms with E-state index in [2.05, 4.69) is 29.6 Å². The summed E-state index contributed by atoms with van der Waals surface area (Å²) in [5.74, 6) is -1.41. The smallest absolute Gasteiger partial charge is 0.407 e. The van der Waals surface area contributed by atoms with Crippen LogP contribution in [0.2, 0.25) is 0 Å². The van der Waals surface area contributed by atoms with Gasteiger partial charge in [0, 0.05) is 5.92 Å². The van der Waals surface area contributed by atoms with E-state index in [0.717, 1.165) is 11.1 Å². The Hall–Kier alpha value is -3.08. The van der Waals surface area contributed by atoms with E-state index in [9.17, 15) is 9.59 Å². The number of alkyl carbamates (subject to hydrolysis) is 1. The van der Waals surface area contributed by atoms with Crippen molar-refractivity contribution in [3.8, 4) is 11.1 Å². The van der Waals surface area contributed by atoms with Crippen molar-refractivity contribution in [1.29, 1.82) is 0 Å². The van der Waals surface area contributed by atoms with Crippen LogP contribution in [0.4, 0.5) is 4.79 Å². The number of benzene rings is 2. The Kier molecular flexibility index (Phi) is 4.21. The molecule has 0 heterocycles. The van der Waals surface area contributed by atoms with Gasteiger partial charge in [-0.15, -0.1) is 0 Å². The molecule has 0 radical (unpaired) electrons. The van der Waals surface area contributed by atoms with Crippen molar-refractivity contribution in [2.45, 2.75) is 18.4 Å². The van der Waals surface area contributed by atoms with Gasteiger partial charge in [-0.1, -0.05) is 60.7 Å². The molecule has 26 heavy (non-hydrogen) atoms. The normalized spacial score (nSPS) is 20.5. The van der Waals surface area contributed by atoms with Gasteiger partial charge in [0.05, 0.1) is 12.0 Å². The maximum atomic E-state index is 12.1. The molecule has 0 bridgehead atoms. The van der Waals surface area contributed by atoms with Crippen LogP contribution >= 0.6 is 0 Å². The molecular formula is C21H19NO4. The number of carbonyl (C=O) groups is 2. The second kappa shape index (κ2) is 6.67. The summed E-state index contributed by atoms with van der Waals surface area (Å²) in [7, 11) is 0. The SMILES string of the molecule is O=C(N[C@@H]1C=CC(C(=O)O)C1)OCC1c2ccccc2-c2ccccc21. The standard InChI is InChI=1S/C21H19NO4/c23-20(24)13-9-10-14(11-13)22-21(25)26-12-19-17-7-3-1-5-15(17)16-6-2-4-8-18(16)19/h1-10,13-14,19H,11-12H2,(H,22,25)(H,23,24)/t13?,14-/m1/s1. The minimum absolute atomic E-state index is 0.0130. The van der Waals surface area contributed by atoms with Gasteiger partial charge in [-0.2, -0.15) is 0 Å². The average Bonchev–Trinajstić information content (AvgIpc) is 3.23. The summed E-state index contributed by atoms with van der Waals surface area (Å²) < 4.78 is 5.47. The Morgan fingerprint density at radius 3 is 2.19 bits per heavy atom. The third-order valence-electron chi connectivity index (χ3n) is 5.05. The molecule has 2 aliphatic rings. The minimum atomic E-state index is -0.877. The minimum Gasteiger partial charge on any atom is -0.481 e. The van der Waals surface area contributed by atoms with Gasteiger partial charge in [0.15, 0.2) is 0 Å². The molecule has 2 atom stereocenters. The molecule has 0 saturated carbocycles. The highest BCUT2D eigenvalue weighted by atomic mass is 16.5. The van der Waals surface area contributed by atoms with E-state index >= 15 is 0 Å². The zero-order chi connectivity index (χ0) is 18.1. The van der Waals surface area contributed by atoms with Crippen molar-refractivity contribution in [3.63, 3.8) is 0 Å². The number of fused-ring (bicyclic) bond motifs is 3. The first-order chi connectivity index (χ1) is 12.6. The van der Waals surface area contributed by atoms with E-state index in [1.165, 1.54) is 11.1 Å². The zero-order valence-corrected chi connectivity index (χ0v) is 14.1. The van der Waals surface area contributed by atoms with Crippen LogP contribution in [0.3, 0.4) is 0 Å². The second-order valence-electron chi connectivity index (χ2n) is 6.64. The number of ether oxygens (including phenoxy) is 1. The summed E-state index contributed by atoms with van der Waals surface area (Å²) in [5.41, 5.74) is 4.68. The van der Waals surface area contributed by atoms with Gasteiger partial charge < -0.3 is 15.2 Å². The number of aliphatic carboxylic acids is 1. The fourth-order valence-electron chi connectivity index (χ4n) is 3.78. The molecule has 0 saturated heterocycles.